The fraction of sp³-hybridized carbons (Fsp3) is 0.368. The van der Waals surface area contributed by atoms with E-state index in [-0.39, 0.29) is 35.8 Å². The minimum absolute atomic E-state index is 0.187. The van der Waals surface area contributed by atoms with E-state index < -0.39 is 5.92 Å². The summed E-state index contributed by atoms with van der Waals surface area (Å²) in [5, 5.41) is 0. The summed E-state index contributed by atoms with van der Waals surface area (Å²) in [6, 6.07) is 6.74. The van der Waals surface area contributed by atoms with Gasteiger partial charge in [0.2, 0.25) is 0 Å². The molecule has 0 saturated heterocycles. The highest BCUT2D eigenvalue weighted by Crippen LogP contribution is 2.25. The van der Waals surface area contributed by atoms with Gasteiger partial charge in [-0.25, -0.2) is 0 Å². The number of fused-ring (bicyclic) bond motifs is 1. The third-order valence-corrected chi connectivity index (χ3v) is 4.40. The molecule has 0 spiro atoms. The van der Waals surface area contributed by atoms with E-state index in [0.29, 0.717) is 24.0 Å². The summed E-state index contributed by atoms with van der Waals surface area (Å²) in [5.41, 5.74) is 0.848. The van der Waals surface area contributed by atoms with Gasteiger partial charge in [-0.2, -0.15) is 0 Å². The van der Waals surface area contributed by atoms with E-state index in [1.54, 1.807) is 30.3 Å². The molecule has 2 amide bonds. The van der Waals surface area contributed by atoms with Gasteiger partial charge in [0.05, 0.1) is 17.0 Å². The molecule has 0 radical (unpaired) electrons. The van der Waals surface area contributed by atoms with Crippen LogP contribution in [0.2, 0.25) is 0 Å². The van der Waals surface area contributed by atoms with Crippen molar-refractivity contribution in [3.8, 4) is 0 Å². The Morgan fingerprint density at radius 2 is 1.58 bits per heavy atom. The summed E-state index contributed by atoms with van der Waals surface area (Å²) in [7, 11) is 0. The molecule has 126 valence electrons. The summed E-state index contributed by atoms with van der Waals surface area (Å²) in [6.07, 6.45) is 2.63. The van der Waals surface area contributed by atoms with Gasteiger partial charge in [0.25, 0.3) is 11.8 Å². The van der Waals surface area contributed by atoms with Gasteiger partial charge in [-0.1, -0.05) is 18.2 Å². The van der Waals surface area contributed by atoms with Crippen molar-refractivity contribution in [2.45, 2.75) is 26.7 Å². The summed E-state index contributed by atoms with van der Waals surface area (Å²) < 4.78 is 0. The monoisotopic (exact) mass is 327 g/mol. The Labute approximate surface area is 141 Å². The Morgan fingerprint density at radius 1 is 1.08 bits per heavy atom. The van der Waals surface area contributed by atoms with Crippen LogP contribution in [0.25, 0.3) is 0 Å². The molecule has 0 N–H and O–H groups in total. The molecule has 1 aromatic carbocycles. The van der Waals surface area contributed by atoms with Crippen LogP contribution in [-0.4, -0.2) is 34.8 Å². The van der Waals surface area contributed by atoms with Crippen LogP contribution >= 0.6 is 0 Å². The molecule has 1 heterocycles. The zero-order chi connectivity index (χ0) is 17.9. The van der Waals surface area contributed by atoms with E-state index in [2.05, 4.69) is 6.58 Å². The number of nitrogens with zero attached hydrogens (tertiary/aromatic N) is 1. The third-order valence-electron chi connectivity index (χ3n) is 4.40. The highest BCUT2D eigenvalue weighted by Gasteiger charge is 2.35. The average molecular weight is 327 g/mol. The van der Waals surface area contributed by atoms with Gasteiger partial charge in [-0.05, 0) is 44.7 Å². The largest absolute Gasteiger partial charge is 0.299 e. The van der Waals surface area contributed by atoms with Gasteiger partial charge in [0.15, 0.2) is 0 Å². The lowest BCUT2D eigenvalue weighted by molar-refractivity contribution is -0.132. The Balaban J connectivity index is 2.00. The second-order valence-electron chi connectivity index (χ2n) is 6.05. The number of carbonyl (C=O) groups is 4. The quantitative estimate of drug-likeness (QED) is 0.418. The zero-order valence-corrected chi connectivity index (χ0v) is 14.0. The molecule has 0 bridgehead atoms. The second kappa shape index (κ2) is 7.34. The second-order valence-corrected chi connectivity index (χ2v) is 6.05. The van der Waals surface area contributed by atoms with Crippen LogP contribution in [-0.2, 0) is 9.59 Å². The molecule has 0 unspecified atom stereocenters. The predicted molar refractivity (Wildman–Crippen MR) is 89.6 cm³/mol. The summed E-state index contributed by atoms with van der Waals surface area (Å²) in [6.45, 7) is 6.76. The Bertz CT molecular complexity index is 658. The van der Waals surface area contributed by atoms with Gasteiger partial charge in [-0.15, -0.1) is 6.58 Å². The molecule has 0 saturated carbocycles. The first-order valence-electron chi connectivity index (χ1n) is 7.97. The molecule has 0 aromatic heterocycles. The normalized spacial score (nSPS) is 14.7. The Kier molecular flexibility index (Phi) is 5.44. The van der Waals surface area contributed by atoms with Crippen LogP contribution in [0.3, 0.4) is 0 Å². The first-order chi connectivity index (χ1) is 11.4. The molecule has 0 aliphatic carbocycles. The fourth-order valence-corrected chi connectivity index (χ4v) is 3.24. The van der Waals surface area contributed by atoms with Crippen LogP contribution in [0.15, 0.2) is 36.9 Å². The summed E-state index contributed by atoms with van der Waals surface area (Å²) in [5.74, 6) is -1.94. The average Bonchev–Trinajstić information content (AvgIpc) is 2.78. The van der Waals surface area contributed by atoms with Gasteiger partial charge in [0, 0.05) is 6.54 Å². The number of amides is 2. The van der Waals surface area contributed by atoms with E-state index in [0.717, 1.165) is 0 Å². The maximum absolute atomic E-state index is 12.3. The number of hydrogen-bond donors (Lipinski definition) is 0. The molecule has 5 heteroatoms. The maximum Gasteiger partial charge on any atom is 0.261 e. The van der Waals surface area contributed by atoms with Crippen LogP contribution < -0.4 is 0 Å². The van der Waals surface area contributed by atoms with Gasteiger partial charge < -0.3 is 0 Å². The van der Waals surface area contributed by atoms with Crippen LogP contribution in [0.4, 0.5) is 0 Å². The molecule has 1 aromatic rings. The fourth-order valence-electron chi connectivity index (χ4n) is 3.24. The highest BCUT2D eigenvalue weighted by atomic mass is 16.2. The first-order valence-corrected chi connectivity index (χ1v) is 7.97. The highest BCUT2D eigenvalue weighted by molar-refractivity contribution is 6.21. The van der Waals surface area contributed by atoms with Crippen LogP contribution in [0.5, 0.6) is 0 Å². The smallest absolute Gasteiger partial charge is 0.261 e. The van der Waals surface area contributed by atoms with E-state index in [4.69, 9.17) is 0 Å². The molecule has 0 fully saturated rings. The molecule has 2 rings (SSSR count). The number of imide groups is 1. The number of hydrogen-bond acceptors (Lipinski definition) is 4. The number of allylic oxidation sites excluding steroid dienone is 1. The lowest BCUT2D eigenvalue weighted by Crippen LogP contribution is -2.32. The van der Waals surface area contributed by atoms with Crippen LogP contribution in [0.1, 0.15) is 47.4 Å². The molecule has 1 atom stereocenters. The number of ketones is 2. The van der Waals surface area contributed by atoms with Crippen molar-refractivity contribution in [1.29, 1.82) is 0 Å². The van der Waals surface area contributed by atoms with E-state index in [9.17, 15) is 19.2 Å². The van der Waals surface area contributed by atoms with Crippen molar-refractivity contribution >= 4 is 23.4 Å². The SMILES string of the molecule is C=C[C@H](CCCN1C(=O)c2ccccc2C1=O)C(C(C)=O)C(C)=O. The number of benzene rings is 1. The van der Waals surface area contributed by atoms with E-state index >= 15 is 0 Å². The minimum atomic E-state index is -0.704. The lowest BCUT2D eigenvalue weighted by Gasteiger charge is -2.21. The first kappa shape index (κ1) is 17.8. The third kappa shape index (κ3) is 3.35. The minimum Gasteiger partial charge on any atom is -0.299 e. The van der Waals surface area contributed by atoms with Gasteiger partial charge >= 0.3 is 0 Å². The van der Waals surface area contributed by atoms with Crippen molar-refractivity contribution in [2.75, 3.05) is 6.54 Å². The molecule has 5 nitrogen and oxygen atoms in total. The standard InChI is InChI=1S/C19H21NO4/c1-4-14(17(12(2)21)13(3)22)8-7-11-20-18(23)15-9-5-6-10-16(15)19(20)24/h4-6,9-10,14,17H,1,7-8,11H2,2-3H3/t14-/m1/s1. The predicted octanol–water partition coefficient (Wildman–Crippen LogP) is 2.66. The lowest BCUT2D eigenvalue weighted by atomic mass is 9.83. The number of rotatable bonds is 8. The van der Waals surface area contributed by atoms with E-state index in [1.807, 2.05) is 0 Å². The molecular formula is C19H21NO4. The van der Waals surface area contributed by atoms with Crippen molar-refractivity contribution < 1.29 is 19.2 Å². The molecule has 24 heavy (non-hydrogen) atoms. The molecule has 1 aliphatic rings. The number of Topliss-reactive ketones (excluding diaryl/α,β-unsaturated/α-hetero) is 2. The van der Waals surface area contributed by atoms with Crippen LogP contribution in [0, 0.1) is 11.8 Å². The topological polar surface area (TPSA) is 71.5 Å². The van der Waals surface area contributed by atoms with E-state index in [1.165, 1.54) is 18.7 Å². The molecular weight excluding hydrogens is 306 g/mol. The maximum atomic E-state index is 12.3. The van der Waals surface area contributed by atoms with Gasteiger partial charge in [-0.3, -0.25) is 24.1 Å². The van der Waals surface area contributed by atoms with Crippen molar-refractivity contribution in [1.82, 2.24) is 4.90 Å². The van der Waals surface area contributed by atoms with Crippen molar-refractivity contribution in [2.24, 2.45) is 11.8 Å². The summed E-state index contributed by atoms with van der Waals surface area (Å²) >= 11 is 0. The number of carbonyl (C=O) groups excluding carboxylic acids is 4. The molecule has 1 aliphatic heterocycles. The van der Waals surface area contributed by atoms with Gasteiger partial charge in [0.1, 0.15) is 11.6 Å². The Morgan fingerprint density at radius 3 is 2.00 bits per heavy atom. The summed E-state index contributed by atoms with van der Waals surface area (Å²) in [4.78, 5) is 49.1. The zero-order valence-electron chi connectivity index (χ0n) is 14.0. The van der Waals surface area contributed by atoms with Crippen molar-refractivity contribution in [3.05, 3.63) is 48.0 Å². The Hall–Kier alpha value is -2.56. The van der Waals surface area contributed by atoms with Crippen molar-refractivity contribution in [3.63, 3.8) is 0 Å².